The first-order valence-corrected chi connectivity index (χ1v) is 12.5. The van der Waals surface area contributed by atoms with Gasteiger partial charge in [-0.3, -0.25) is 4.79 Å². The molecule has 1 amide bonds. The molecule has 0 radical (unpaired) electrons. The van der Waals surface area contributed by atoms with Crippen molar-refractivity contribution in [2.45, 2.75) is 32.9 Å². The summed E-state index contributed by atoms with van der Waals surface area (Å²) in [5.41, 5.74) is 3.09. The van der Waals surface area contributed by atoms with E-state index in [2.05, 4.69) is 45.7 Å². The number of amides is 1. The predicted octanol–water partition coefficient (Wildman–Crippen LogP) is 6.14. The first kappa shape index (κ1) is 24.1. The zero-order valence-corrected chi connectivity index (χ0v) is 20.8. The second kappa shape index (κ2) is 12.5. The molecule has 3 aromatic rings. The number of nitrogens with one attached hydrogen (secondary N) is 3. The Bertz CT molecular complexity index is 961. The van der Waals surface area contributed by atoms with Gasteiger partial charge in [0.2, 0.25) is 5.91 Å². The van der Waals surface area contributed by atoms with Gasteiger partial charge in [-0.2, -0.15) is 0 Å². The number of ether oxygens (including phenoxy) is 1. The van der Waals surface area contributed by atoms with Gasteiger partial charge in [-0.15, -0.1) is 11.3 Å². The lowest BCUT2D eigenvalue weighted by molar-refractivity contribution is -0.122. The molecule has 3 rings (SSSR count). The highest BCUT2D eigenvalue weighted by Gasteiger charge is 2.20. The van der Waals surface area contributed by atoms with Crippen LogP contribution in [0.15, 0.2) is 69.8 Å². The topological polar surface area (TPSA) is 62.4 Å². The third-order valence-electron chi connectivity index (χ3n) is 4.82. The van der Waals surface area contributed by atoms with Crippen LogP contribution < -0.4 is 20.7 Å². The van der Waals surface area contributed by atoms with Crippen molar-refractivity contribution in [3.8, 4) is 5.75 Å². The van der Waals surface area contributed by atoms with Crippen LogP contribution in [0.1, 0.15) is 25.8 Å². The maximum atomic E-state index is 12.7. The van der Waals surface area contributed by atoms with Crippen LogP contribution in [0.25, 0.3) is 0 Å². The van der Waals surface area contributed by atoms with Gasteiger partial charge in [-0.25, -0.2) is 0 Å². The number of carbonyl (C=O) groups is 1. The summed E-state index contributed by atoms with van der Waals surface area (Å²) in [5, 5.41) is 13.8. The van der Waals surface area contributed by atoms with E-state index in [1.165, 1.54) is 0 Å². The lowest BCUT2D eigenvalue weighted by Gasteiger charge is -2.21. The van der Waals surface area contributed by atoms with E-state index in [4.69, 9.17) is 4.74 Å². The van der Waals surface area contributed by atoms with Crippen LogP contribution in [0, 0.1) is 5.92 Å². The molecule has 1 atom stereocenters. The van der Waals surface area contributed by atoms with Gasteiger partial charge >= 0.3 is 0 Å². The Kier molecular flexibility index (Phi) is 9.43. The van der Waals surface area contributed by atoms with Crippen molar-refractivity contribution in [3.05, 3.63) is 75.4 Å². The van der Waals surface area contributed by atoms with Crippen molar-refractivity contribution >= 4 is 44.5 Å². The van der Waals surface area contributed by atoms with Gasteiger partial charge in [0.1, 0.15) is 18.4 Å². The lowest BCUT2D eigenvalue weighted by atomic mass is 10.0. The molecule has 0 unspecified atom stereocenters. The van der Waals surface area contributed by atoms with E-state index in [1.54, 1.807) is 11.3 Å². The molecule has 0 saturated heterocycles. The molecule has 0 aliphatic rings. The highest BCUT2D eigenvalue weighted by atomic mass is 79.9. The number of thiophene rings is 1. The van der Waals surface area contributed by atoms with Gasteiger partial charge in [-0.05, 0) is 58.1 Å². The van der Waals surface area contributed by atoms with Crippen molar-refractivity contribution in [1.82, 2.24) is 5.32 Å². The molecule has 170 valence electrons. The van der Waals surface area contributed by atoms with Crippen molar-refractivity contribution in [2.75, 3.05) is 23.7 Å². The molecule has 0 spiro atoms. The first-order valence-electron chi connectivity index (χ1n) is 10.8. The van der Waals surface area contributed by atoms with Gasteiger partial charge < -0.3 is 20.7 Å². The molecule has 0 fully saturated rings. The van der Waals surface area contributed by atoms with Crippen molar-refractivity contribution in [1.29, 1.82) is 0 Å². The van der Waals surface area contributed by atoms with E-state index in [1.807, 2.05) is 65.4 Å². The molecule has 2 aromatic carbocycles. The number of rotatable bonds is 12. The Morgan fingerprint density at radius 1 is 1.03 bits per heavy atom. The highest BCUT2D eigenvalue weighted by molar-refractivity contribution is 9.10. The van der Waals surface area contributed by atoms with Crippen molar-refractivity contribution < 1.29 is 9.53 Å². The van der Waals surface area contributed by atoms with Crippen LogP contribution in [0.2, 0.25) is 0 Å². The fourth-order valence-corrected chi connectivity index (χ4v) is 4.55. The van der Waals surface area contributed by atoms with Gasteiger partial charge in [0.25, 0.3) is 0 Å². The Labute approximate surface area is 202 Å². The van der Waals surface area contributed by atoms with Crippen molar-refractivity contribution in [3.63, 3.8) is 0 Å². The Morgan fingerprint density at radius 2 is 1.78 bits per heavy atom. The summed E-state index contributed by atoms with van der Waals surface area (Å²) < 4.78 is 6.81. The number of anilines is 2. The molecule has 5 nitrogen and oxygen atoms in total. The number of benzene rings is 2. The number of carbonyl (C=O) groups excluding carboxylic acids is 1. The molecular formula is C25H30BrN3O2S. The lowest BCUT2D eigenvalue weighted by Crippen LogP contribution is -2.42. The first-order chi connectivity index (χ1) is 15.5. The normalized spacial score (nSPS) is 11.8. The monoisotopic (exact) mass is 515 g/mol. The average molecular weight is 517 g/mol. The molecule has 0 saturated carbocycles. The SMILES string of the molecule is CC(C)C[C@H](Nc1cscc1Br)C(=O)NCCNc1ccc(OCc2ccccc2)cc1. The maximum absolute atomic E-state index is 12.7. The van der Waals surface area contributed by atoms with Gasteiger partial charge in [0, 0.05) is 29.5 Å². The molecule has 1 aromatic heterocycles. The maximum Gasteiger partial charge on any atom is 0.242 e. The second-order valence-corrected chi connectivity index (χ2v) is 9.57. The largest absolute Gasteiger partial charge is 0.489 e. The van der Waals surface area contributed by atoms with Crippen LogP contribution in [0.3, 0.4) is 0 Å². The molecular weight excluding hydrogens is 486 g/mol. The number of hydrogen-bond acceptors (Lipinski definition) is 5. The molecule has 0 bridgehead atoms. The highest BCUT2D eigenvalue weighted by Crippen LogP contribution is 2.28. The second-order valence-electron chi connectivity index (χ2n) is 7.98. The van der Waals surface area contributed by atoms with E-state index >= 15 is 0 Å². The van der Waals surface area contributed by atoms with Gasteiger partial charge in [0.15, 0.2) is 0 Å². The summed E-state index contributed by atoms with van der Waals surface area (Å²) in [4.78, 5) is 12.7. The number of hydrogen-bond donors (Lipinski definition) is 3. The quantitative estimate of drug-likeness (QED) is 0.253. The Morgan fingerprint density at radius 3 is 2.44 bits per heavy atom. The van der Waals surface area contributed by atoms with Crippen LogP contribution in [0.4, 0.5) is 11.4 Å². The molecule has 32 heavy (non-hydrogen) atoms. The summed E-state index contributed by atoms with van der Waals surface area (Å²) >= 11 is 5.12. The van der Waals surface area contributed by atoms with E-state index < -0.39 is 0 Å². The smallest absolute Gasteiger partial charge is 0.242 e. The Hall–Kier alpha value is -2.51. The summed E-state index contributed by atoms with van der Waals surface area (Å²) in [6.07, 6.45) is 0.770. The summed E-state index contributed by atoms with van der Waals surface area (Å²) in [5.74, 6) is 1.26. The third kappa shape index (κ3) is 7.88. The number of halogens is 1. The van der Waals surface area contributed by atoms with Crippen LogP contribution in [-0.4, -0.2) is 25.0 Å². The molecule has 1 heterocycles. The third-order valence-corrected chi connectivity index (χ3v) is 6.53. The van der Waals surface area contributed by atoms with Crippen molar-refractivity contribution in [2.24, 2.45) is 5.92 Å². The molecule has 0 aliphatic carbocycles. The Balaban J connectivity index is 1.41. The van der Waals surface area contributed by atoms with Gasteiger partial charge in [0.05, 0.1) is 10.2 Å². The minimum absolute atomic E-state index is 0.0169. The molecule has 0 aliphatic heterocycles. The van der Waals surface area contributed by atoms with Crippen LogP contribution >= 0.6 is 27.3 Å². The fourth-order valence-electron chi connectivity index (χ4n) is 3.20. The summed E-state index contributed by atoms with van der Waals surface area (Å²) in [7, 11) is 0. The molecule has 7 heteroatoms. The standard InChI is InChI=1S/C25H30BrN3O2S/c1-18(2)14-23(29-24-17-32-16-22(24)26)25(30)28-13-12-27-20-8-10-21(11-9-20)31-15-19-6-4-3-5-7-19/h3-11,16-18,23,27,29H,12-15H2,1-2H3,(H,28,30)/t23-/m0/s1. The molecule has 3 N–H and O–H groups in total. The van der Waals surface area contributed by atoms with Gasteiger partial charge in [-0.1, -0.05) is 44.2 Å². The zero-order chi connectivity index (χ0) is 22.8. The van der Waals surface area contributed by atoms with Crippen LogP contribution in [-0.2, 0) is 11.4 Å². The van der Waals surface area contributed by atoms with E-state index in [-0.39, 0.29) is 11.9 Å². The van der Waals surface area contributed by atoms with E-state index in [9.17, 15) is 4.79 Å². The zero-order valence-electron chi connectivity index (χ0n) is 18.4. The van der Waals surface area contributed by atoms with Crippen LogP contribution in [0.5, 0.6) is 5.75 Å². The minimum Gasteiger partial charge on any atom is -0.489 e. The minimum atomic E-state index is -0.262. The van der Waals surface area contributed by atoms with E-state index in [0.717, 1.165) is 33.6 Å². The summed E-state index contributed by atoms with van der Waals surface area (Å²) in [6.45, 7) is 5.99. The fraction of sp³-hybridized carbons (Fsp3) is 0.320. The average Bonchev–Trinajstić information content (AvgIpc) is 3.20. The summed E-state index contributed by atoms with van der Waals surface area (Å²) in [6, 6.07) is 17.7. The predicted molar refractivity (Wildman–Crippen MR) is 138 cm³/mol. The van der Waals surface area contributed by atoms with E-state index in [0.29, 0.717) is 25.6 Å².